The second-order valence-electron chi connectivity index (χ2n) is 11.6. The molecular weight excluding hydrogens is 558 g/mol. The third kappa shape index (κ3) is 3.78. The molecule has 0 spiro atoms. The van der Waals surface area contributed by atoms with Crippen molar-refractivity contribution in [1.82, 2.24) is 9.13 Å². The van der Waals surface area contributed by atoms with E-state index in [1.807, 2.05) is 18.2 Å². The Balaban J connectivity index is 1.49. The summed E-state index contributed by atoms with van der Waals surface area (Å²) in [7, 11) is 0. The van der Waals surface area contributed by atoms with Crippen molar-refractivity contribution < 1.29 is 0 Å². The van der Waals surface area contributed by atoms with E-state index in [4.69, 9.17) is 6.57 Å². The minimum Gasteiger partial charge on any atom is -0.318 e. The summed E-state index contributed by atoms with van der Waals surface area (Å²) in [4.78, 5) is 3.98. The topological polar surface area (TPSA) is 14.2 Å². The second kappa shape index (κ2) is 10.4. The first-order chi connectivity index (χ1) is 22.8. The van der Waals surface area contributed by atoms with Crippen LogP contribution in [0.1, 0.15) is 0 Å². The Hall–Kier alpha value is -6.37. The van der Waals surface area contributed by atoms with Crippen LogP contribution in [0.4, 0.5) is 5.69 Å². The molecule has 0 aliphatic carbocycles. The summed E-state index contributed by atoms with van der Waals surface area (Å²) in [6.07, 6.45) is 0. The SMILES string of the molecule is [C-]#[N+]c1ccccc1-n1c2cccc(-c3ccccc3)c2c2cccc(-c3cccc4c5ccccc5n(-c5ccccc5)c34)c21. The fourth-order valence-corrected chi connectivity index (χ4v) is 7.27. The largest absolute Gasteiger partial charge is 0.318 e. The summed E-state index contributed by atoms with van der Waals surface area (Å²) in [6.45, 7) is 8.10. The van der Waals surface area contributed by atoms with Crippen LogP contribution in [-0.4, -0.2) is 9.13 Å². The van der Waals surface area contributed by atoms with E-state index in [-0.39, 0.29) is 0 Å². The number of para-hydroxylation sites is 6. The Kier molecular flexibility index (Phi) is 5.88. The smallest absolute Gasteiger partial charge is 0.210 e. The van der Waals surface area contributed by atoms with Gasteiger partial charge in [-0.05, 0) is 41.5 Å². The average molecular weight is 586 g/mol. The van der Waals surface area contributed by atoms with E-state index in [2.05, 4.69) is 160 Å². The summed E-state index contributed by atoms with van der Waals surface area (Å²) in [5.41, 5.74) is 11.8. The maximum atomic E-state index is 8.10. The highest BCUT2D eigenvalue weighted by Gasteiger charge is 2.23. The second-order valence-corrected chi connectivity index (χ2v) is 11.6. The maximum absolute atomic E-state index is 8.10. The molecule has 0 unspecified atom stereocenters. The fraction of sp³-hybridized carbons (Fsp3) is 0. The summed E-state index contributed by atoms with van der Waals surface area (Å²) >= 11 is 0. The Bertz CT molecular complexity index is 2630. The highest BCUT2D eigenvalue weighted by Crippen LogP contribution is 2.46. The molecule has 0 aliphatic rings. The number of benzene rings is 7. The molecule has 0 bridgehead atoms. The lowest BCUT2D eigenvalue weighted by Crippen LogP contribution is -1.98. The molecule has 0 atom stereocenters. The third-order valence-electron chi connectivity index (χ3n) is 9.14. The molecule has 0 fully saturated rings. The van der Waals surface area contributed by atoms with E-state index >= 15 is 0 Å². The van der Waals surface area contributed by atoms with E-state index in [9.17, 15) is 0 Å². The van der Waals surface area contributed by atoms with Crippen molar-refractivity contribution in [2.24, 2.45) is 0 Å². The number of nitrogens with zero attached hydrogens (tertiary/aromatic N) is 3. The molecule has 2 aromatic heterocycles. The van der Waals surface area contributed by atoms with Crippen LogP contribution in [0.15, 0.2) is 164 Å². The highest BCUT2D eigenvalue weighted by atomic mass is 15.0. The molecule has 0 saturated heterocycles. The zero-order valence-corrected chi connectivity index (χ0v) is 24.9. The molecule has 7 aromatic carbocycles. The Labute approximate surface area is 266 Å². The summed E-state index contributed by atoms with van der Waals surface area (Å²) in [6, 6.07) is 57.7. The molecule has 2 heterocycles. The molecule has 0 saturated carbocycles. The molecule has 0 amide bonds. The van der Waals surface area contributed by atoms with Gasteiger partial charge >= 0.3 is 0 Å². The highest BCUT2D eigenvalue weighted by molar-refractivity contribution is 6.21. The number of fused-ring (bicyclic) bond motifs is 6. The first-order valence-electron chi connectivity index (χ1n) is 15.5. The van der Waals surface area contributed by atoms with Crippen LogP contribution in [0.25, 0.3) is 82.1 Å². The van der Waals surface area contributed by atoms with Gasteiger partial charge in [-0.15, -0.1) is 0 Å². The molecular formula is C43H27N3. The molecule has 0 N–H and O–H groups in total. The molecule has 9 aromatic rings. The lowest BCUT2D eigenvalue weighted by atomic mass is 9.96. The van der Waals surface area contributed by atoms with E-state index in [1.165, 1.54) is 38.3 Å². The first kappa shape index (κ1) is 26.1. The number of hydrogen-bond donors (Lipinski definition) is 0. The van der Waals surface area contributed by atoms with Gasteiger partial charge in [-0.1, -0.05) is 133 Å². The molecule has 3 heteroatoms. The quantitative estimate of drug-likeness (QED) is 0.182. The van der Waals surface area contributed by atoms with Gasteiger partial charge in [0.25, 0.3) is 0 Å². The molecule has 9 rings (SSSR count). The number of rotatable bonds is 4. The van der Waals surface area contributed by atoms with Crippen molar-refractivity contribution >= 4 is 49.3 Å². The van der Waals surface area contributed by atoms with Crippen LogP contribution in [0, 0.1) is 6.57 Å². The normalized spacial score (nSPS) is 11.5. The predicted molar refractivity (Wildman–Crippen MR) is 192 cm³/mol. The zero-order valence-electron chi connectivity index (χ0n) is 24.9. The van der Waals surface area contributed by atoms with Crippen LogP contribution in [0.5, 0.6) is 0 Å². The summed E-state index contributed by atoms with van der Waals surface area (Å²) in [5, 5.41) is 4.77. The van der Waals surface area contributed by atoms with Crippen molar-refractivity contribution in [1.29, 1.82) is 0 Å². The van der Waals surface area contributed by atoms with Crippen LogP contribution in [0.3, 0.4) is 0 Å². The van der Waals surface area contributed by atoms with Crippen LogP contribution in [0.2, 0.25) is 0 Å². The molecule has 214 valence electrons. The van der Waals surface area contributed by atoms with Gasteiger partial charge in [0.15, 0.2) is 0 Å². The van der Waals surface area contributed by atoms with Crippen LogP contribution < -0.4 is 0 Å². The van der Waals surface area contributed by atoms with Crippen molar-refractivity contribution in [2.45, 2.75) is 0 Å². The van der Waals surface area contributed by atoms with Gasteiger partial charge in [-0.25, -0.2) is 4.85 Å². The van der Waals surface area contributed by atoms with Gasteiger partial charge in [0.1, 0.15) is 0 Å². The molecule has 0 radical (unpaired) electrons. The summed E-state index contributed by atoms with van der Waals surface area (Å²) in [5.74, 6) is 0. The first-order valence-corrected chi connectivity index (χ1v) is 15.5. The molecule has 3 nitrogen and oxygen atoms in total. The lowest BCUT2D eigenvalue weighted by molar-refractivity contribution is 1.18. The van der Waals surface area contributed by atoms with Gasteiger partial charge in [0.05, 0.1) is 34.3 Å². The molecule has 46 heavy (non-hydrogen) atoms. The van der Waals surface area contributed by atoms with E-state index in [0.717, 1.165) is 38.9 Å². The monoisotopic (exact) mass is 585 g/mol. The standard InChI is InChI=1S/C43H27N3/c1-44-37-25-9-11-27-39(37)46-40-28-14-20-31(29-15-4-2-5-16-29)41(40)36-24-13-23-35(43(36)46)34-22-12-21-33-32-19-8-10-26-38(32)45(42(33)34)30-17-6-3-7-18-30/h2-28H. The Morgan fingerprint density at radius 1 is 0.413 bits per heavy atom. The predicted octanol–water partition coefficient (Wildman–Crippen LogP) is 11.8. The van der Waals surface area contributed by atoms with Crippen LogP contribution >= 0.6 is 0 Å². The Morgan fingerprint density at radius 2 is 0.978 bits per heavy atom. The van der Waals surface area contributed by atoms with Gasteiger partial charge < -0.3 is 9.13 Å². The van der Waals surface area contributed by atoms with E-state index in [1.54, 1.807) is 0 Å². The average Bonchev–Trinajstić information content (AvgIpc) is 3.66. The van der Waals surface area contributed by atoms with E-state index < -0.39 is 0 Å². The third-order valence-corrected chi connectivity index (χ3v) is 9.14. The molecule has 0 aliphatic heterocycles. The van der Waals surface area contributed by atoms with Gasteiger partial charge in [0, 0.05) is 38.4 Å². The maximum Gasteiger partial charge on any atom is 0.210 e. The number of aromatic nitrogens is 2. The minimum atomic E-state index is 0.623. The lowest BCUT2D eigenvalue weighted by Gasteiger charge is -2.15. The van der Waals surface area contributed by atoms with Crippen molar-refractivity contribution in [2.75, 3.05) is 0 Å². The minimum absolute atomic E-state index is 0.623. The van der Waals surface area contributed by atoms with Crippen molar-refractivity contribution in [3.8, 4) is 33.6 Å². The van der Waals surface area contributed by atoms with Crippen molar-refractivity contribution in [3.05, 3.63) is 175 Å². The van der Waals surface area contributed by atoms with Crippen molar-refractivity contribution in [3.63, 3.8) is 0 Å². The van der Waals surface area contributed by atoms with Gasteiger partial charge in [-0.3, -0.25) is 0 Å². The zero-order chi connectivity index (χ0) is 30.6. The fourth-order valence-electron chi connectivity index (χ4n) is 7.27. The number of hydrogen-bond acceptors (Lipinski definition) is 0. The van der Waals surface area contributed by atoms with Gasteiger partial charge in [-0.2, -0.15) is 0 Å². The van der Waals surface area contributed by atoms with Gasteiger partial charge in [0.2, 0.25) is 5.69 Å². The van der Waals surface area contributed by atoms with E-state index in [0.29, 0.717) is 5.69 Å². The van der Waals surface area contributed by atoms with Crippen LogP contribution in [-0.2, 0) is 0 Å². The summed E-state index contributed by atoms with van der Waals surface area (Å²) < 4.78 is 4.71. The Morgan fingerprint density at radius 3 is 1.76 bits per heavy atom.